The lowest BCUT2D eigenvalue weighted by Gasteiger charge is -2.24. The monoisotopic (exact) mass is 449 g/mol. The van der Waals surface area contributed by atoms with Gasteiger partial charge in [0, 0.05) is 19.5 Å². The van der Waals surface area contributed by atoms with Crippen LogP contribution in [-0.2, 0) is 22.6 Å². The summed E-state index contributed by atoms with van der Waals surface area (Å²) in [4.78, 5) is 23.6. The highest BCUT2D eigenvalue weighted by molar-refractivity contribution is 5.74. The van der Waals surface area contributed by atoms with E-state index in [1.807, 2.05) is 40.7 Å². The van der Waals surface area contributed by atoms with E-state index >= 15 is 0 Å². The van der Waals surface area contributed by atoms with Crippen LogP contribution in [0, 0.1) is 6.92 Å². The zero-order valence-electron chi connectivity index (χ0n) is 22.1. The van der Waals surface area contributed by atoms with E-state index in [1.165, 1.54) is 44.1 Å². The molecule has 0 aliphatic carbocycles. The van der Waals surface area contributed by atoms with Gasteiger partial charge in [-0.25, -0.2) is 4.79 Å². The van der Waals surface area contributed by atoms with Gasteiger partial charge in [-0.15, -0.1) is 0 Å². The van der Waals surface area contributed by atoms with Gasteiger partial charge in [0.15, 0.2) is 0 Å². The molecule has 0 aromatic heterocycles. The third-order valence-corrected chi connectivity index (χ3v) is 5.05. The molecule has 0 N–H and O–H groups in total. The molecule has 0 radical (unpaired) electrons. The summed E-state index contributed by atoms with van der Waals surface area (Å²) in [5, 5.41) is 0. The lowest BCUT2D eigenvalue weighted by molar-refractivity contribution is -0.116. The zero-order valence-corrected chi connectivity index (χ0v) is 22.1. The SMILES string of the molecule is CCC(C)=O.CCCCCCCC.COc1cc2c(cc1C)CN(C(=O)OC(C)(C)C)C2. The van der Waals surface area contributed by atoms with Crippen molar-refractivity contribution in [2.45, 2.75) is 119 Å². The maximum Gasteiger partial charge on any atom is 0.410 e. The molecular formula is C27H47NO4. The standard InChI is InChI=1S/C15H21NO3.C8H18.C4H8O/c1-10-6-11-8-16(14(17)19-15(2,3)4)9-12(11)7-13(10)18-5;1-3-5-7-8-6-4-2;1-3-4(2)5/h6-7H,8-9H2,1-5H3;3-8H2,1-2H3;3H2,1-2H3. The number of ketones is 1. The second-order valence-electron chi connectivity index (χ2n) is 9.40. The van der Waals surface area contributed by atoms with Crippen molar-refractivity contribution in [1.29, 1.82) is 0 Å². The molecule has 0 fully saturated rings. The Bertz CT molecular complexity index is 686. The first-order valence-corrected chi connectivity index (χ1v) is 12.1. The fourth-order valence-electron chi connectivity index (χ4n) is 3.08. The molecule has 0 saturated carbocycles. The van der Waals surface area contributed by atoms with Crippen LogP contribution in [0.15, 0.2) is 12.1 Å². The lowest BCUT2D eigenvalue weighted by Crippen LogP contribution is -2.33. The van der Waals surface area contributed by atoms with Crippen molar-refractivity contribution in [1.82, 2.24) is 4.90 Å². The van der Waals surface area contributed by atoms with E-state index in [2.05, 4.69) is 19.9 Å². The van der Waals surface area contributed by atoms with Crippen LogP contribution in [0.25, 0.3) is 0 Å². The summed E-state index contributed by atoms with van der Waals surface area (Å²) in [5.41, 5.74) is 2.93. The number of benzene rings is 1. The number of Topliss-reactive ketones (excluding diaryl/α,β-unsaturated/α-hetero) is 1. The van der Waals surface area contributed by atoms with Gasteiger partial charge in [-0.05, 0) is 57.4 Å². The maximum atomic E-state index is 12.0. The highest BCUT2D eigenvalue weighted by Crippen LogP contribution is 2.30. The van der Waals surface area contributed by atoms with E-state index in [1.54, 1.807) is 18.9 Å². The maximum absolute atomic E-state index is 12.0. The minimum atomic E-state index is -0.459. The van der Waals surface area contributed by atoms with Crippen LogP contribution in [0.3, 0.4) is 0 Å². The average Bonchev–Trinajstić information content (AvgIpc) is 3.13. The lowest BCUT2D eigenvalue weighted by atomic mass is 10.1. The number of unbranched alkanes of at least 4 members (excludes halogenated alkanes) is 5. The summed E-state index contributed by atoms with van der Waals surface area (Å²) in [6.45, 7) is 16.8. The quantitative estimate of drug-likeness (QED) is 0.402. The summed E-state index contributed by atoms with van der Waals surface area (Å²) in [5.74, 6) is 1.12. The van der Waals surface area contributed by atoms with E-state index < -0.39 is 5.60 Å². The van der Waals surface area contributed by atoms with Crippen molar-refractivity contribution in [2.75, 3.05) is 7.11 Å². The van der Waals surface area contributed by atoms with Gasteiger partial charge in [0.1, 0.15) is 17.1 Å². The molecule has 5 nitrogen and oxygen atoms in total. The van der Waals surface area contributed by atoms with Gasteiger partial charge in [-0.1, -0.05) is 65.4 Å². The molecule has 0 saturated heterocycles. The fourth-order valence-corrected chi connectivity index (χ4v) is 3.08. The first kappa shape index (κ1) is 30.0. The number of ether oxygens (including phenoxy) is 2. The molecule has 0 spiro atoms. The Balaban J connectivity index is 0.000000613. The first-order valence-electron chi connectivity index (χ1n) is 12.1. The summed E-state index contributed by atoms with van der Waals surface area (Å²) < 4.78 is 10.7. The molecule has 1 aromatic rings. The first-order chi connectivity index (χ1) is 15.0. The van der Waals surface area contributed by atoms with E-state index in [4.69, 9.17) is 9.47 Å². The molecule has 0 atom stereocenters. The molecule has 1 heterocycles. The van der Waals surface area contributed by atoms with Gasteiger partial charge in [-0.3, -0.25) is 4.90 Å². The number of methoxy groups -OCH3 is 1. The normalized spacial score (nSPS) is 12.1. The van der Waals surface area contributed by atoms with Crippen molar-refractivity contribution < 1.29 is 19.1 Å². The Hall–Kier alpha value is -2.04. The van der Waals surface area contributed by atoms with Crippen LogP contribution in [0.5, 0.6) is 5.75 Å². The molecule has 0 unspecified atom stereocenters. The minimum Gasteiger partial charge on any atom is -0.496 e. The number of fused-ring (bicyclic) bond motifs is 1. The van der Waals surface area contributed by atoms with Gasteiger partial charge in [0.2, 0.25) is 0 Å². The largest absolute Gasteiger partial charge is 0.496 e. The van der Waals surface area contributed by atoms with Crippen molar-refractivity contribution >= 4 is 11.9 Å². The summed E-state index contributed by atoms with van der Waals surface area (Å²) in [6.07, 6.45) is 8.89. The number of carbonyl (C=O) groups excluding carboxylic acids is 2. The van der Waals surface area contributed by atoms with E-state index in [9.17, 15) is 9.59 Å². The Kier molecular flexibility index (Phi) is 14.7. The van der Waals surface area contributed by atoms with Crippen LogP contribution in [0.2, 0.25) is 0 Å². The number of carbonyl (C=O) groups is 2. The minimum absolute atomic E-state index is 0.255. The van der Waals surface area contributed by atoms with Crippen molar-refractivity contribution in [2.24, 2.45) is 0 Å². The van der Waals surface area contributed by atoms with Crippen LogP contribution in [-0.4, -0.2) is 29.5 Å². The van der Waals surface area contributed by atoms with Crippen molar-refractivity contribution in [3.05, 3.63) is 28.8 Å². The summed E-state index contributed by atoms with van der Waals surface area (Å²) >= 11 is 0. The van der Waals surface area contributed by atoms with Gasteiger partial charge in [0.05, 0.1) is 7.11 Å². The molecule has 1 aliphatic heterocycles. The van der Waals surface area contributed by atoms with E-state index in [0.29, 0.717) is 19.5 Å². The van der Waals surface area contributed by atoms with Gasteiger partial charge in [-0.2, -0.15) is 0 Å². The Labute approximate surface area is 196 Å². The van der Waals surface area contributed by atoms with Crippen molar-refractivity contribution in [3.8, 4) is 5.75 Å². The number of aryl methyl sites for hydroxylation is 1. The third-order valence-electron chi connectivity index (χ3n) is 5.05. The third kappa shape index (κ3) is 12.7. The van der Waals surface area contributed by atoms with Gasteiger partial charge < -0.3 is 14.3 Å². The smallest absolute Gasteiger partial charge is 0.410 e. The van der Waals surface area contributed by atoms with E-state index in [-0.39, 0.29) is 11.9 Å². The van der Waals surface area contributed by atoms with Crippen LogP contribution in [0.1, 0.15) is 110 Å². The Morgan fingerprint density at radius 2 is 1.41 bits per heavy atom. The Morgan fingerprint density at radius 1 is 0.938 bits per heavy atom. The number of hydrogen-bond acceptors (Lipinski definition) is 4. The number of rotatable bonds is 7. The number of amides is 1. The molecule has 1 amide bonds. The van der Waals surface area contributed by atoms with Gasteiger partial charge in [0.25, 0.3) is 0 Å². The molecule has 5 heteroatoms. The van der Waals surface area contributed by atoms with E-state index in [0.717, 1.165) is 16.9 Å². The summed E-state index contributed by atoms with van der Waals surface area (Å²) in [6, 6.07) is 4.09. The number of hydrogen-bond donors (Lipinski definition) is 0. The second kappa shape index (κ2) is 15.7. The molecule has 0 bridgehead atoms. The molecule has 32 heavy (non-hydrogen) atoms. The molecule has 1 aliphatic rings. The zero-order chi connectivity index (χ0) is 24.7. The molecule has 2 rings (SSSR count). The van der Waals surface area contributed by atoms with Gasteiger partial charge >= 0.3 is 6.09 Å². The predicted molar refractivity (Wildman–Crippen MR) is 133 cm³/mol. The predicted octanol–water partition coefficient (Wildman–Crippen LogP) is 7.61. The van der Waals surface area contributed by atoms with Crippen LogP contribution < -0.4 is 4.74 Å². The molecule has 1 aromatic carbocycles. The van der Waals surface area contributed by atoms with Crippen LogP contribution >= 0.6 is 0 Å². The van der Waals surface area contributed by atoms with Crippen LogP contribution in [0.4, 0.5) is 4.79 Å². The molecule has 184 valence electrons. The van der Waals surface area contributed by atoms with Crippen molar-refractivity contribution in [3.63, 3.8) is 0 Å². The summed E-state index contributed by atoms with van der Waals surface area (Å²) in [7, 11) is 1.66. The topological polar surface area (TPSA) is 55.8 Å². The highest BCUT2D eigenvalue weighted by atomic mass is 16.6. The number of nitrogens with zero attached hydrogens (tertiary/aromatic N) is 1. The highest BCUT2D eigenvalue weighted by Gasteiger charge is 2.28. The molecular weight excluding hydrogens is 402 g/mol. The Morgan fingerprint density at radius 3 is 1.78 bits per heavy atom. The second-order valence-corrected chi connectivity index (χ2v) is 9.40. The average molecular weight is 450 g/mol. The fraction of sp³-hybridized carbons (Fsp3) is 0.704.